The van der Waals surface area contributed by atoms with Crippen LogP contribution in [-0.4, -0.2) is 86.0 Å². The lowest BCUT2D eigenvalue weighted by molar-refractivity contribution is -0.386. The quantitative estimate of drug-likeness (QED) is 0.148. The maximum Gasteiger partial charge on any atom is 0.352 e. The number of nitrogens with one attached hydrogen (secondary N) is 1. The third-order valence-electron chi connectivity index (χ3n) is 5.66. The minimum Gasteiger partial charge on any atom is -0.477 e. The molecule has 5 rings (SSSR count). The number of aromatic nitrogens is 5. The van der Waals surface area contributed by atoms with Crippen molar-refractivity contribution in [2.45, 2.75) is 22.5 Å². The second kappa shape index (κ2) is 9.75. The number of benzene rings is 1. The molecule has 4 heterocycles. The zero-order valence-corrected chi connectivity index (χ0v) is 20.1. The van der Waals surface area contributed by atoms with Crippen molar-refractivity contribution < 1.29 is 29.5 Å². The molecule has 0 spiro atoms. The molecular formula is C20H16N8O7S2. The highest BCUT2D eigenvalue weighted by atomic mass is 32.2. The Morgan fingerprint density at radius 3 is 2.84 bits per heavy atom. The zero-order valence-electron chi connectivity index (χ0n) is 18.5. The van der Waals surface area contributed by atoms with E-state index in [4.69, 9.17) is 0 Å². The Hall–Kier alpha value is -4.09. The van der Waals surface area contributed by atoms with Crippen LogP contribution in [0.4, 0.5) is 5.69 Å². The normalized spacial score (nSPS) is 19.8. The van der Waals surface area contributed by atoms with E-state index < -0.39 is 45.9 Å². The first-order valence-electron chi connectivity index (χ1n) is 10.6. The van der Waals surface area contributed by atoms with Crippen LogP contribution in [0.1, 0.15) is 11.7 Å². The first-order chi connectivity index (χ1) is 17.8. The van der Waals surface area contributed by atoms with Crippen molar-refractivity contribution in [1.29, 1.82) is 0 Å². The van der Waals surface area contributed by atoms with Gasteiger partial charge >= 0.3 is 5.97 Å². The molecular weight excluding hydrogens is 528 g/mol. The maximum absolute atomic E-state index is 12.9. The Morgan fingerprint density at radius 1 is 1.30 bits per heavy atom. The van der Waals surface area contributed by atoms with E-state index in [1.54, 1.807) is 12.1 Å². The minimum absolute atomic E-state index is 0.172. The molecule has 2 aliphatic rings. The van der Waals surface area contributed by atoms with Crippen LogP contribution < -0.4 is 5.32 Å². The van der Waals surface area contributed by atoms with Gasteiger partial charge in [-0.25, -0.2) is 4.79 Å². The van der Waals surface area contributed by atoms with Gasteiger partial charge in [0.15, 0.2) is 11.8 Å². The number of nitrogens with zero attached hydrogens (tertiary/aromatic N) is 7. The van der Waals surface area contributed by atoms with E-state index in [9.17, 15) is 34.7 Å². The summed E-state index contributed by atoms with van der Waals surface area (Å²) < 4.78 is 1.24. The van der Waals surface area contributed by atoms with E-state index in [-0.39, 0.29) is 22.8 Å². The van der Waals surface area contributed by atoms with Crippen molar-refractivity contribution in [3.05, 3.63) is 63.3 Å². The molecule has 2 unspecified atom stereocenters. The number of rotatable bonds is 8. The van der Waals surface area contributed by atoms with Gasteiger partial charge in [-0.2, -0.15) is 0 Å². The van der Waals surface area contributed by atoms with Gasteiger partial charge < -0.3 is 15.5 Å². The number of carboxylic acid groups (broad SMARTS) is 1. The first-order valence-corrected chi connectivity index (χ1v) is 12.6. The zero-order chi connectivity index (χ0) is 26.3. The highest BCUT2D eigenvalue weighted by Gasteiger charge is 2.54. The maximum atomic E-state index is 12.9. The molecule has 15 nitrogen and oxygen atoms in total. The molecule has 0 bridgehead atoms. The van der Waals surface area contributed by atoms with E-state index in [1.807, 2.05) is 0 Å². The predicted molar refractivity (Wildman–Crippen MR) is 127 cm³/mol. The van der Waals surface area contributed by atoms with Gasteiger partial charge in [-0.05, 0) is 34.2 Å². The largest absolute Gasteiger partial charge is 0.477 e. The van der Waals surface area contributed by atoms with Crippen molar-refractivity contribution in [2.24, 2.45) is 0 Å². The summed E-state index contributed by atoms with van der Waals surface area (Å²) in [5, 5.41) is 48.9. The van der Waals surface area contributed by atoms with Gasteiger partial charge in [0.2, 0.25) is 0 Å². The molecule has 1 fully saturated rings. The number of fused-ring (bicyclic) bond motifs is 2. The number of amides is 2. The summed E-state index contributed by atoms with van der Waals surface area (Å²) in [6.45, 7) is 0. The van der Waals surface area contributed by atoms with Crippen molar-refractivity contribution in [3.63, 3.8) is 0 Å². The molecule has 17 heteroatoms. The monoisotopic (exact) mass is 544 g/mol. The molecule has 2 aromatic heterocycles. The minimum atomic E-state index is -1.89. The summed E-state index contributed by atoms with van der Waals surface area (Å²) in [7, 11) is 0. The van der Waals surface area contributed by atoms with Crippen molar-refractivity contribution in [3.8, 4) is 0 Å². The number of hydrogen-bond acceptors (Lipinski definition) is 12. The number of aliphatic hydroxyl groups excluding tert-OH is 1. The number of thioether (sulfide) groups is 2. The van der Waals surface area contributed by atoms with Crippen LogP contribution in [-0.2, 0) is 14.4 Å². The lowest BCUT2D eigenvalue weighted by Gasteiger charge is -2.49. The fraction of sp³-hybridized carbons (Fsp3) is 0.250. The summed E-state index contributed by atoms with van der Waals surface area (Å²) in [4.78, 5) is 49.2. The van der Waals surface area contributed by atoms with Crippen molar-refractivity contribution in [2.75, 3.05) is 11.5 Å². The van der Waals surface area contributed by atoms with E-state index in [1.165, 1.54) is 46.4 Å². The highest BCUT2D eigenvalue weighted by Crippen LogP contribution is 2.41. The Kier molecular flexibility index (Phi) is 6.48. The highest BCUT2D eigenvalue weighted by molar-refractivity contribution is 8.01. The van der Waals surface area contributed by atoms with Gasteiger partial charge in [0.05, 0.1) is 10.5 Å². The number of nitro benzene ring substituents is 1. The number of carbonyl (C=O) groups excluding carboxylic acids is 2. The SMILES string of the molecule is O=C(O)C1=C(CSc2ccc3nnnn3n2)CS[C@H]2C(NC(=O)C(O)c3ccccc3[N+](=O)[O-])C(=O)N12. The second-order valence-electron chi connectivity index (χ2n) is 7.86. The van der Waals surface area contributed by atoms with Crippen molar-refractivity contribution >= 4 is 52.6 Å². The summed E-state index contributed by atoms with van der Waals surface area (Å²) in [6, 6.07) is 7.49. The molecule has 3 aromatic rings. The lowest BCUT2D eigenvalue weighted by atomic mass is 10.0. The summed E-state index contributed by atoms with van der Waals surface area (Å²) >= 11 is 2.51. The topological polar surface area (TPSA) is 206 Å². The molecule has 0 radical (unpaired) electrons. The molecule has 3 N–H and O–H groups in total. The summed E-state index contributed by atoms with van der Waals surface area (Å²) in [5.74, 6) is -2.44. The first kappa shape index (κ1) is 24.6. The van der Waals surface area contributed by atoms with Gasteiger partial charge in [-0.15, -0.1) is 38.4 Å². The molecule has 1 saturated heterocycles. The molecule has 3 atom stereocenters. The van der Waals surface area contributed by atoms with Crippen molar-refractivity contribution in [1.82, 2.24) is 35.5 Å². The number of hydrogen-bond donors (Lipinski definition) is 3. The number of aliphatic carboxylic acids is 1. The summed E-state index contributed by atoms with van der Waals surface area (Å²) in [5.41, 5.74) is 0.122. The standard InChI is InChI=1S/C20H16N8O7S2/c29-16(10-3-1-2-4-11(10)28(34)35)17(30)21-14-18(31)26-15(20(32)33)9(8-37-19(14)26)7-36-13-6-5-12-22-24-25-27(12)23-13/h1-6,14,16,19,29H,7-8H2,(H,21,30)(H,32,33)/t14?,16?,19-/m0/s1. The van der Waals surface area contributed by atoms with Crippen LogP contribution in [0.3, 0.4) is 0 Å². The van der Waals surface area contributed by atoms with Crippen LogP contribution in [0.5, 0.6) is 0 Å². The van der Waals surface area contributed by atoms with Crippen LogP contribution in [0.2, 0.25) is 0 Å². The van der Waals surface area contributed by atoms with E-state index >= 15 is 0 Å². The number of tetrazole rings is 1. The summed E-state index contributed by atoms with van der Waals surface area (Å²) in [6.07, 6.45) is -1.89. The molecule has 1 aromatic carbocycles. The number of aliphatic hydroxyl groups is 1. The Labute approximate surface area is 215 Å². The number of para-hydroxylation sites is 1. The van der Waals surface area contributed by atoms with Gasteiger partial charge in [0.1, 0.15) is 22.1 Å². The number of β-lactam (4-membered cyclic amide) rings is 1. The number of carbonyl (C=O) groups is 3. The smallest absolute Gasteiger partial charge is 0.352 e. The Morgan fingerprint density at radius 2 is 2.08 bits per heavy atom. The number of carboxylic acids is 1. The average Bonchev–Trinajstić information content (AvgIpc) is 3.37. The molecule has 37 heavy (non-hydrogen) atoms. The molecule has 2 aliphatic heterocycles. The Balaban J connectivity index is 1.29. The molecule has 0 saturated carbocycles. The predicted octanol–water partition coefficient (Wildman–Crippen LogP) is -0.00820. The fourth-order valence-corrected chi connectivity index (χ4v) is 6.26. The molecule has 190 valence electrons. The average molecular weight is 545 g/mol. The van der Waals surface area contributed by atoms with Gasteiger partial charge in [0, 0.05) is 17.6 Å². The van der Waals surface area contributed by atoms with E-state index in [0.29, 0.717) is 16.2 Å². The van der Waals surface area contributed by atoms with E-state index in [2.05, 4.69) is 25.9 Å². The lowest BCUT2D eigenvalue weighted by Crippen LogP contribution is -2.70. The van der Waals surface area contributed by atoms with Crippen LogP contribution >= 0.6 is 23.5 Å². The molecule has 0 aliphatic carbocycles. The van der Waals surface area contributed by atoms with Crippen LogP contribution in [0, 0.1) is 10.1 Å². The second-order valence-corrected chi connectivity index (χ2v) is 9.96. The van der Waals surface area contributed by atoms with Crippen LogP contribution in [0.25, 0.3) is 5.65 Å². The fourth-order valence-electron chi connectivity index (χ4n) is 3.92. The molecule has 2 amide bonds. The van der Waals surface area contributed by atoms with Gasteiger partial charge in [-0.1, -0.05) is 12.1 Å². The third kappa shape index (κ3) is 4.47. The van der Waals surface area contributed by atoms with E-state index in [0.717, 1.165) is 11.0 Å². The van der Waals surface area contributed by atoms with Gasteiger partial charge in [-0.3, -0.25) is 24.6 Å². The van der Waals surface area contributed by atoms with Gasteiger partial charge in [0.25, 0.3) is 17.5 Å². The Bertz CT molecular complexity index is 1480. The van der Waals surface area contributed by atoms with Crippen LogP contribution in [0.15, 0.2) is 52.7 Å². The number of nitro groups is 1. The third-order valence-corrected chi connectivity index (χ3v) is 8.01.